The Labute approximate surface area is 90.4 Å². The van der Waals surface area contributed by atoms with E-state index in [1.54, 1.807) is 0 Å². The van der Waals surface area contributed by atoms with E-state index in [0.717, 1.165) is 25.2 Å². The average Bonchev–Trinajstić information content (AvgIpc) is 2.52. The molecule has 2 aliphatic rings. The third kappa shape index (κ3) is 2.10. The van der Waals surface area contributed by atoms with Crippen molar-refractivity contribution in [1.29, 1.82) is 0 Å². The van der Waals surface area contributed by atoms with Crippen LogP contribution in [0.3, 0.4) is 0 Å². The molecule has 1 N–H and O–H groups in total. The molecule has 2 nitrogen and oxygen atoms in total. The van der Waals surface area contributed by atoms with E-state index in [1.807, 2.05) is 25.6 Å². The molecule has 82 valence electrons. The highest BCUT2D eigenvalue weighted by Crippen LogP contribution is 2.43. The lowest BCUT2D eigenvalue weighted by Crippen LogP contribution is -2.46. The van der Waals surface area contributed by atoms with Gasteiger partial charge in [0.05, 0.1) is 11.2 Å². The first-order valence-electron chi connectivity index (χ1n) is 5.46. The number of thioether (sulfide) groups is 1. The van der Waals surface area contributed by atoms with Crippen molar-refractivity contribution in [3.63, 3.8) is 0 Å². The minimum atomic E-state index is -0.538. The van der Waals surface area contributed by atoms with E-state index in [-0.39, 0.29) is 5.60 Å². The second kappa shape index (κ2) is 3.69. The number of hydrogen-bond donors (Lipinski definition) is 1. The molecule has 0 aliphatic carbocycles. The monoisotopic (exact) mass is 216 g/mol. The molecule has 2 heterocycles. The van der Waals surface area contributed by atoms with E-state index in [4.69, 9.17) is 4.74 Å². The zero-order valence-electron chi connectivity index (χ0n) is 9.08. The molecule has 0 aromatic heterocycles. The second-order valence-corrected chi connectivity index (χ2v) is 6.28. The molecule has 2 atom stereocenters. The molecule has 0 bridgehead atoms. The number of rotatable bonds is 1. The van der Waals surface area contributed by atoms with E-state index in [2.05, 4.69) is 0 Å². The lowest BCUT2D eigenvalue weighted by molar-refractivity contribution is -0.121. The first-order chi connectivity index (χ1) is 6.52. The highest BCUT2D eigenvalue weighted by molar-refractivity contribution is 7.99. The lowest BCUT2D eigenvalue weighted by Gasteiger charge is -2.42. The molecule has 0 saturated carbocycles. The van der Waals surface area contributed by atoms with Crippen LogP contribution in [0.1, 0.15) is 33.1 Å². The normalized spacial score (nSPS) is 39.2. The Morgan fingerprint density at radius 1 is 1.50 bits per heavy atom. The van der Waals surface area contributed by atoms with Crippen LogP contribution in [0.5, 0.6) is 0 Å². The number of aliphatic hydroxyl groups is 1. The quantitative estimate of drug-likeness (QED) is 0.727. The largest absolute Gasteiger partial charge is 0.390 e. The summed E-state index contributed by atoms with van der Waals surface area (Å²) in [6.07, 6.45) is 3.23. The van der Waals surface area contributed by atoms with Gasteiger partial charge in [-0.3, -0.25) is 0 Å². The summed E-state index contributed by atoms with van der Waals surface area (Å²) in [5, 5.41) is 10.0. The van der Waals surface area contributed by atoms with Gasteiger partial charge in [-0.15, -0.1) is 0 Å². The van der Waals surface area contributed by atoms with E-state index in [9.17, 15) is 5.11 Å². The summed E-state index contributed by atoms with van der Waals surface area (Å²) >= 11 is 1.99. The summed E-state index contributed by atoms with van der Waals surface area (Å²) in [5.41, 5.74) is -0.433. The summed E-state index contributed by atoms with van der Waals surface area (Å²) in [5.74, 6) is 2.76. The Morgan fingerprint density at radius 2 is 2.29 bits per heavy atom. The highest BCUT2D eigenvalue weighted by atomic mass is 32.2. The molecule has 3 heteroatoms. The summed E-state index contributed by atoms with van der Waals surface area (Å²) in [4.78, 5) is 0. The number of ether oxygens (including phenoxy) is 1. The summed E-state index contributed by atoms with van der Waals surface area (Å²) in [6, 6.07) is 0. The zero-order chi connectivity index (χ0) is 10.2. The van der Waals surface area contributed by atoms with Gasteiger partial charge in [-0.1, -0.05) is 0 Å². The van der Waals surface area contributed by atoms with Crippen molar-refractivity contribution in [2.45, 2.75) is 44.3 Å². The third-order valence-corrected chi connectivity index (χ3v) is 4.78. The first kappa shape index (κ1) is 10.8. The van der Waals surface area contributed by atoms with E-state index < -0.39 is 5.60 Å². The minimum Gasteiger partial charge on any atom is -0.390 e. The molecule has 2 saturated heterocycles. The minimum absolute atomic E-state index is 0.105. The first-order valence-corrected chi connectivity index (χ1v) is 6.61. The Balaban J connectivity index is 2.03. The smallest absolute Gasteiger partial charge is 0.0784 e. The van der Waals surface area contributed by atoms with Crippen LogP contribution >= 0.6 is 11.8 Å². The molecule has 2 aliphatic heterocycles. The third-order valence-electron chi connectivity index (χ3n) is 3.56. The second-order valence-electron chi connectivity index (χ2n) is 5.18. The van der Waals surface area contributed by atoms with Gasteiger partial charge in [0.1, 0.15) is 0 Å². The molecule has 2 rings (SSSR count). The van der Waals surface area contributed by atoms with Crippen LogP contribution < -0.4 is 0 Å². The van der Waals surface area contributed by atoms with Gasteiger partial charge in [0.2, 0.25) is 0 Å². The van der Waals surface area contributed by atoms with Crippen molar-refractivity contribution in [2.75, 3.05) is 18.1 Å². The van der Waals surface area contributed by atoms with Crippen molar-refractivity contribution in [2.24, 2.45) is 5.92 Å². The molecule has 1 spiro atoms. The fraction of sp³-hybridized carbons (Fsp3) is 1.00. The van der Waals surface area contributed by atoms with Gasteiger partial charge in [-0.2, -0.15) is 11.8 Å². The Bertz CT molecular complexity index is 204. The van der Waals surface area contributed by atoms with Crippen LogP contribution in [0.4, 0.5) is 0 Å². The van der Waals surface area contributed by atoms with Crippen LogP contribution in [0, 0.1) is 5.92 Å². The molecule has 0 aromatic rings. The lowest BCUT2D eigenvalue weighted by atomic mass is 9.77. The maximum absolute atomic E-state index is 10.0. The van der Waals surface area contributed by atoms with Crippen molar-refractivity contribution >= 4 is 11.8 Å². The summed E-state index contributed by atoms with van der Waals surface area (Å²) in [7, 11) is 0. The maximum atomic E-state index is 10.0. The summed E-state index contributed by atoms with van der Waals surface area (Å²) in [6.45, 7) is 4.69. The van der Waals surface area contributed by atoms with Crippen molar-refractivity contribution < 1.29 is 9.84 Å². The maximum Gasteiger partial charge on any atom is 0.0784 e. The average molecular weight is 216 g/mol. The van der Waals surface area contributed by atoms with E-state index >= 15 is 0 Å². The Morgan fingerprint density at radius 3 is 2.86 bits per heavy atom. The molecule has 0 aromatic carbocycles. The molecular formula is C11H20O2S. The van der Waals surface area contributed by atoms with Gasteiger partial charge in [0.25, 0.3) is 0 Å². The van der Waals surface area contributed by atoms with Gasteiger partial charge in [0.15, 0.2) is 0 Å². The van der Waals surface area contributed by atoms with Crippen LogP contribution in [0.25, 0.3) is 0 Å². The SMILES string of the molecule is CC(C)(O)C1CCOC2(CCSC2)C1. The molecule has 0 amide bonds. The molecule has 2 unspecified atom stereocenters. The predicted octanol–water partition coefficient (Wildman–Crippen LogP) is 2.06. The van der Waals surface area contributed by atoms with Crippen LogP contribution in [-0.4, -0.2) is 34.4 Å². The van der Waals surface area contributed by atoms with E-state index in [0.29, 0.717) is 5.92 Å². The van der Waals surface area contributed by atoms with Crippen molar-refractivity contribution in [1.82, 2.24) is 0 Å². The predicted molar refractivity (Wildman–Crippen MR) is 59.6 cm³/mol. The zero-order valence-corrected chi connectivity index (χ0v) is 9.90. The molecular weight excluding hydrogens is 196 g/mol. The molecule has 14 heavy (non-hydrogen) atoms. The van der Waals surface area contributed by atoms with Crippen molar-refractivity contribution in [3.8, 4) is 0 Å². The van der Waals surface area contributed by atoms with Gasteiger partial charge in [-0.25, -0.2) is 0 Å². The summed E-state index contributed by atoms with van der Waals surface area (Å²) < 4.78 is 5.92. The standard InChI is InChI=1S/C11H20O2S/c1-10(2,12)9-3-5-13-11(7-9)4-6-14-8-11/h9,12H,3-8H2,1-2H3. The van der Waals surface area contributed by atoms with Gasteiger partial charge in [0, 0.05) is 12.4 Å². The molecule has 0 radical (unpaired) electrons. The highest BCUT2D eigenvalue weighted by Gasteiger charge is 2.44. The van der Waals surface area contributed by atoms with Crippen molar-refractivity contribution in [3.05, 3.63) is 0 Å². The molecule has 2 fully saturated rings. The Kier molecular flexibility index (Phi) is 2.84. The van der Waals surface area contributed by atoms with Gasteiger partial charge in [-0.05, 0) is 44.8 Å². The fourth-order valence-electron chi connectivity index (χ4n) is 2.49. The topological polar surface area (TPSA) is 29.5 Å². The van der Waals surface area contributed by atoms with Crippen LogP contribution in [0.15, 0.2) is 0 Å². The van der Waals surface area contributed by atoms with Crippen LogP contribution in [0.2, 0.25) is 0 Å². The van der Waals surface area contributed by atoms with Gasteiger partial charge >= 0.3 is 0 Å². The Hall–Kier alpha value is 0.270. The van der Waals surface area contributed by atoms with Crippen LogP contribution in [-0.2, 0) is 4.74 Å². The number of hydrogen-bond acceptors (Lipinski definition) is 3. The van der Waals surface area contributed by atoms with Gasteiger partial charge < -0.3 is 9.84 Å². The fourth-order valence-corrected chi connectivity index (χ4v) is 3.87. The van der Waals surface area contributed by atoms with E-state index in [1.165, 1.54) is 12.2 Å².